The largest absolute Gasteiger partial charge is 0.460 e. The monoisotopic (exact) mass is 495 g/mol. The Bertz CT molecular complexity index is 813. The normalized spacial score (nSPS) is 18.7. The number of rotatable bonds is 11. The standard InChI is InChI=1S/C22H29N3O3S.BrH/c1-3-4-8-11-27-14-19-13-18(21(26)28-19)12-16(2)24-25-22-23-20(15-29-22)17-9-6-5-7-10-17;/h5-7,9-10,15,18-19H,3-4,8,11-14H2,1-2H3,(H,23,25);1H/b24-16+;. The minimum atomic E-state index is -0.152. The molecular formula is C22H30BrN3O3S. The van der Waals surface area contributed by atoms with Gasteiger partial charge in [-0.25, -0.2) is 4.98 Å². The molecule has 0 radical (unpaired) electrons. The van der Waals surface area contributed by atoms with E-state index in [9.17, 15) is 4.79 Å². The van der Waals surface area contributed by atoms with Crippen LogP contribution in [-0.4, -0.2) is 36.0 Å². The Hall–Kier alpha value is -1.77. The van der Waals surface area contributed by atoms with E-state index in [0.717, 1.165) is 35.1 Å². The lowest BCUT2D eigenvalue weighted by Gasteiger charge is -2.09. The molecule has 164 valence electrons. The number of carbonyl (C=O) groups excluding carboxylic acids is 1. The lowest BCUT2D eigenvalue weighted by molar-refractivity contribution is -0.146. The van der Waals surface area contributed by atoms with Gasteiger partial charge in [0.15, 0.2) is 0 Å². The number of unbranched alkanes of at least 4 members (excludes halogenated alkanes) is 2. The first kappa shape index (κ1) is 24.5. The van der Waals surface area contributed by atoms with Crippen molar-refractivity contribution in [3.05, 3.63) is 35.7 Å². The molecule has 1 aliphatic heterocycles. The molecule has 8 heteroatoms. The van der Waals surface area contributed by atoms with Gasteiger partial charge in [-0.15, -0.1) is 28.3 Å². The summed E-state index contributed by atoms with van der Waals surface area (Å²) in [5.74, 6) is -0.303. The maximum Gasteiger partial charge on any atom is 0.309 e. The molecule has 1 aromatic carbocycles. The number of carbonyl (C=O) groups is 1. The summed E-state index contributed by atoms with van der Waals surface area (Å²) in [6.07, 6.45) is 4.53. The molecule has 1 N–H and O–H groups in total. The summed E-state index contributed by atoms with van der Waals surface area (Å²) in [4.78, 5) is 16.7. The van der Waals surface area contributed by atoms with Crippen LogP contribution < -0.4 is 5.43 Å². The molecule has 0 saturated carbocycles. The number of halogens is 1. The highest BCUT2D eigenvalue weighted by Gasteiger charge is 2.34. The van der Waals surface area contributed by atoms with Crippen LogP contribution in [0.25, 0.3) is 11.3 Å². The van der Waals surface area contributed by atoms with Gasteiger partial charge in [-0.3, -0.25) is 10.2 Å². The Morgan fingerprint density at radius 1 is 1.33 bits per heavy atom. The molecule has 0 amide bonds. The minimum Gasteiger partial charge on any atom is -0.460 e. The Balaban J connectivity index is 0.00000320. The van der Waals surface area contributed by atoms with Gasteiger partial charge in [0.25, 0.3) is 0 Å². The number of esters is 1. The van der Waals surface area contributed by atoms with Crippen molar-refractivity contribution in [1.29, 1.82) is 0 Å². The highest BCUT2D eigenvalue weighted by atomic mass is 79.9. The smallest absolute Gasteiger partial charge is 0.309 e. The van der Waals surface area contributed by atoms with Gasteiger partial charge >= 0.3 is 5.97 Å². The van der Waals surface area contributed by atoms with Gasteiger partial charge in [0, 0.05) is 36.1 Å². The van der Waals surface area contributed by atoms with E-state index >= 15 is 0 Å². The Labute approximate surface area is 192 Å². The Kier molecular flexibility index (Phi) is 10.5. The summed E-state index contributed by atoms with van der Waals surface area (Å²) < 4.78 is 11.1. The molecule has 1 fully saturated rings. The summed E-state index contributed by atoms with van der Waals surface area (Å²) in [5, 5.41) is 7.13. The molecule has 30 heavy (non-hydrogen) atoms. The maximum absolute atomic E-state index is 12.1. The third-order valence-electron chi connectivity index (χ3n) is 4.82. The first-order chi connectivity index (χ1) is 14.2. The van der Waals surface area contributed by atoms with E-state index in [1.165, 1.54) is 24.2 Å². The lowest BCUT2D eigenvalue weighted by atomic mass is 9.99. The van der Waals surface area contributed by atoms with Gasteiger partial charge in [-0.05, 0) is 13.3 Å². The van der Waals surface area contributed by atoms with E-state index in [2.05, 4.69) is 22.4 Å². The van der Waals surface area contributed by atoms with Crippen molar-refractivity contribution in [3.63, 3.8) is 0 Å². The topological polar surface area (TPSA) is 72.8 Å². The zero-order valence-corrected chi connectivity index (χ0v) is 20.0. The summed E-state index contributed by atoms with van der Waals surface area (Å²) >= 11 is 1.51. The molecule has 1 aliphatic rings. The highest BCUT2D eigenvalue weighted by molar-refractivity contribution is 8.93. The molecule has 0 bridgehead atoms. The number of ether oxygens (including phenoxy) is 2. The van der Waals surface area contributed by atoms with Crippen LogP contribution >= 0.6 is 28.3 Å². The second-order valence-electron chi connectivity index (χ2n) is 7.34. The van der Waals surface area contributed by atoms with E-state index in [0.29, 0.717) is 19.4 Å². The first-order valence-electron chi connectivity index (χ1n) is 10.2. The van der Waals surface area contributed by atoms with Gasteiger partial charge in [0.05, 0.1) is 18.2 Å². The average Bonchev–Trinajstić information content (AvgIpc) is 3.34. The number of benzene rings is 1. The van der Waals surface area contributed by atoms with Crippen LogP contribution in [0.5, 0.6) is 0 Å². The van der Waals surface area contributed by atoms with Gasteiger partial charge in [0.1, 0.15) is 6.10 Å². The number of nitrogens with one attached hydrogen (secondary N) is 1. The Morgan fingerprint density at radius 2 is 2.13 bits per heavy atom. The SMILES string of the molecule is Br.CCCCCOCC1CC(C/C(C)=N/Nc2nc(-c3ccccc3)cs2)C(=O)O1. The van der Waals surface area contributed by atoms with Crippen LogP contribution in [0.3, 0.4) is 0 Å². The molecule has 2 aromatic rings. The van der Waals surface area contributed by atoms with Crippen LogP contribution in [0, 0.1) is 5.92 Å². The van der Waals surface area contributed by atoms with Gasteiger partial charge in [0.2, 0.25) is 5.13 Å². The molecule has 1 aromatic heterocycles. The van der Waals surface area contributed by atoms with Crippen molar-refractivity contribution in [3.8, 4) is 11.3 Å². The number of thiazole rings is 1. The van der Waals surface area contributed by atoms with Crippen molar-refractivity contribution >= 4 is 45.1 Å². The van der Waals surface area contributed by atoms with Crippen LogP contribution in [0.2, 0.25) is 0 Å². The predicted molar refractivity (Wildman–Crippen MR) is 128 cm³/mol. The van der Waals surface area contributed by atoms with Gasteiger partial charge < -0.3 is 9.47 Å². The number of aromatic nitrogens is 1. The number of hydrogen-bond donors (Lipinski definition) is 1. The van der Waals surface area contributed by atoms with E-state index in [-0.39, 0.29) is 35.0 Å². The van der Waals surface area contributed by atoms with Crippen molar-refractivity contribution in [2.75, 3.05) is 18.6 Å². The fourth-order valence-corrected chi connectivity index (χ4v) is 3.93. The molecule has 2 heterocycles. The number of cyclic esters (lactones) is 1. The van der Waals surface area contributed by atoms with E-state index in [1.807, 2.05) is 42.6 Å². The van der Waals surface area contributed by atoms with E-state index < -0.39 is 0 Å². The molecule has 2 unspecified atom stereocenters. The maximum atomic E-state index is 12.1. The quantitative estimate of drug-likeness (QED) is 0.187. The third-order valence-corrected chi connectivity index (χ3v) is 5.56. The molecule has 1 saturated heterocycles. The third kappa shape index (κ3) is 7.49. The summed E-state index contributed by atoms with van der Waals surface area (Å²) in [6.45, 7) is 5.30. The van der Waals surface area contributed by atoms with Crippen LogP contribution in [0.4, 0.5) is 5.13 Å². The number of hydrogen-bond acceptors (Lipinski definition) is 7. The molecule has 0 aliphatic carbocycles. The molecule has 3 rings (SSSR count). The number of hydrazone groups is 1. The van der Waals surface area contributed by atoms with Crippen molar-refractivity contribution < 1.29 is 14.3 Å². The zero-order chi connectivity index (χ0) is 20.5. The van der Waals surface area contributed by atoms with Crippen molar-refractivity contribution in [2.24, 2.45) is 11.0 Å². The van der Waals surface area contributed by atoms with Crippen LogP contribution in [0.1, 0.15) is 46.0 Å². The summed E-state index contributed by atoms with van der Waals surface area (Å²) in [5.41, 5.74) is 5.86. The van der Waals surface area contributed by atoms with E-state index in [1.54, 1.807) is 0 Å². The van der Waals surface area contributed by atoms with Crippen molar-refractivity contribution in [2.45, 2.75) is 52.1 Å². The number of nitrogens with zero attached hydrogens (tertiary/aromatic N) is 2. The van der Waals surface area contributed by atoms with Gasteiger partial charge in [-0.2, -0.15) is 5.10 Å². The zero-order valence-electron chi connectivity index (χ0n) is 17.5. The fraction of sp³-hybridized carbons (Fsp3) is 0.500. The molecule has 6 nitrogen and oxygen atoms in total. The van der Waals surface area contributed by atoms with Crippen LogP contribution in [-0.2, 0) is 14.3 Å². The molecule has 2 atom stereocenters. The second kappa shape index (κ2) is 12.8. The lowest BCUT2D eigenvalue weighted by Crippen LogP contribution is -2.15. The predicted octanol–water partition coefficient (Wildman–Crippen LogP) is 5.70. The molecular weight excluding hydrogens is 466 g/mol. The summed E-state index contributed by atoms with van der Waals surface area (Å²) in [7, 11) is 0. The Morgan fingerprint density at radius 3 is 2.90 bits per heavy atom. The molecule has 0 spiro atoms. The van der Waals surface area contributed by atoms with Crippen LogP contribution in [0.15, 0.2) is 40.8 Å². The first-order valence-corrected chi connectivity index (χ1v) is 11.1. The van der Waals surface area contributed by atoms with Crippen molar-refractivity contribution in [1.82, 2.24) is 4.98 Å². The highest BCUT2D eigenvalue weighted by Crippen LogP contribution is 2.26. The minimum absolute atomic E-state index is 0. The average molecular weight is 496 g/mol. The summed E-state index contributed by atoms with van der Waals surface area (Å²) in [6, 6.07) is 10.0. The second-order valence-corrected chi connectivity index (χ2v) is 8.20. The fourth-order valence-electron chi connectivity index (χ4n) is 3.27. The van der Waals surface area contributed by atoms with E-state index in [4.69, 9.17) is 9.47 Å². The number of anilines is 1. The van der Waals surface area contributed by atoms with Gasteiger partial charge in [-0.1, -0.05) is 50.1 Å².